The normalized spacial score (nSPS) is 16.3. The number of para-hydroxylation sites is 1. The molecule has 0 bridgehead atoms. The van der Waals surface area contributed by atoms with Crippen molar-refractivity contribution in [2.24, 2.45) is 0 Å². The predicted molar refractivity (Wildman–Crippen MR) is 125 cm³/mol. The molecule has 3 amide bonds. The lowest BCUT2D eigenvalue weighted by Gasteiger charge is -2.41. The smallest absolute Gasteiger partial charge is 0.260 e. The Hall–Kier alpha value is -4.00. The number of fused-ring (bicyclic) bond motifs is 5. The van der Waals surface area contributed by atoms with Crippen LogP contribution in [0.4, 0.5) is 11.4 Å². The second-order valence-corrected chi connectivity index (χ2v) is 8.25. The number of nitrogens with zero attached hydrogens (tertiary/aromatic N) is 3. The van der Waals surface area contributed by atoms with Gasteiger partial charge in [0.1, 0.15) is 6.17 Å². The minimum Gasteiger partial charge on any atom is -0.325 e. The molecule has 0 aliphatic carbocycles. The van der Waals surface area contributed by atoms with E-state index in [1.54, 1.807) is 40.4 Å². The van der Waals surface area contributed by atoms with Crippen molar-refractivity contribution < 1.29 is 14.4 Å². The predicted octanol–water partition coefficient (Wildman–Crippen LogP) is 4.40. The first-order chi connectivity index (χ1) is 16.1. The molecule has 5 rings (SSSR count). The lowest BCUT2D eigenvalue weighted by Crippen LogP contribution is -2.48. The van der Waals surface area contributed by atoms with Gasteiger partial charge in [-0.05, 0) is 43.2 Å². The minimum absolute atomic E-state index is 0.0486. The van der Waals surface area contributed by atoms with Crippen LogP contribution >= 0.6 is 0 Å². The third-order valence-corrected chi connectivity index (χ3v) is 6.13. The maximum absolute atomic E-state index is 13.4. The molecule has 2 aliphatic heterocycles. The zero-order valence-corrected chi connectivity index (χ0v) is 18.1. The van der Waals surface area contributed by atoms with Gasteiger partial charge in [0, 0.05) is 30.3 Å². The van der Waals surface area contributed by atoms with E-state index < -0.39 is 6.17 Å². The van der Waals surface area contributed by atoms with E-state index in [0.717, 1.165) is 18.4 Å². The van der Waals surface area contributed by atoms with E-state index in [4.69, 9.17) is 0 Å². The molecular formula is C26H24N4O3. The molecule has 3 heterocycles. The van der Waals surface area contributed by atoms with E-state index in [2.05, 4.69) is 10.3 Å². The van der Waals surface area contributed by atoms with Crippen molar-refractivity contribution in [1.82, 2.24) is 9.88 Å². The average molecular weight is 441 g/mol. The second-order valence-electron chi connectivity index (χ2n) is 8.25. The molecule has 7 heteroatoms. The van der Waals surface area contributed by atoms with Gasteiger partial charge < -0.3 is 10.2 Å². The van der Waals surface area contributed by atoms with Crippen molar-refractivity contribution >= 4 is 29.1 Å². The Morgan fingerprint density at radius 2 is 1.67 bits per heavy atom. The number of amides is 3. The number of benzene rings is 2. The van der Waals surface area contributed by atoms with Crippen molar-refractivity contribution in [2.45, 2.75) is 31.8 Å². The Labute approximate surface area is 192 Å². The SMILES string of the molecule is O=C(CCCCCN1C(=O)c2ccccc2N2C(=O)c3ccccc3[C@H]12)Nc1cccnc1. The molecule has 2 aliphatic rings. The molecule has 1 aromatic heterocycles. The van der Waals surface area contributed by atoms with Crippen molar-refractivity contribution in [1.29, 1.82) is 0 Å². The van der Waals surface area contributed by atoms with Crippen LogP contribution in [0.3, 0.4) is 0 Å². The maximum atomic E-state index is 13.4. The van der Waals surface area contributed by atoms with Crippen LogP contribution in [0, 0.1) is 0 Å². The van der Waals surface area contributed by atoms with Gasteiger partial charge in [0.15, 0.2) is 0 Å². The fourth-order valence-corrected chi connectivity index (χ4v) is 4.60. The highest BCUT2D eigenvalue weighted by Crippen LogP contribution is 2.45. The molecule has 166 valence electrons. The number of rotatable bonds is 7. The van der Waals surface area contributed by atoms with E-state index in [-0.39, 0.29) is 17.7 Å². The number of unbranched alkanes of at least 4 members (excludes halogenated alkanes) is 2. The molecular weight excluding hydrogens is 416 g/mol. The number of carbonyl (C=O) groups excluding carboxylic acids is 3. The molecule has 0 saturated carbocycles. The molecule has 33 heavy (non-hydrogen) atoms. The third kappa shape index (κ3) is 3.86. The maximum Gasteiger partial charge on any atom is 0.260 e. The fraction of sp³-hybridized carbons (Fsp3) is 0.231. The topological polar surface area (TPSA) is 82.6 Å². The average Bonchev–Trinajstić information content (AvgIpc) is 3.14. The molecule has 0 saturated heterocycles. The van der Waals surface area contributed by atoms with Crippen molar-refractivity contribution in [3.05, 3.63) is 89.7 Å². The Morgan fingerprint density at radius 3 is 2.48 bits per heavy atom. The number of nitrogens with one attached hydrogen (secondary N) is 1. The van der Waals surface area contributed by atoms with Crippen LogP contribution in [0.1, 0.15) is 58.1 Å². The summed E-state index contributed by atoms with van der Waals surface area (Å²) in [5.41, 5.74) is 3.40. The highest BCUT2D eigenvalue weighted by molar-refractivity contribution is 6.16. The highest BCUT2D eigenvalue weighted by Gasteiger charge is 2.47. The lowest BCUT2D eigenvalue weighted by atomic mass is 10.0. The van der Waals surface area contributed by atoms with Gasteiger partial charge in [0.05, 0.1) is 23.1 Å². The Kier molecular flexibility index (Phi) is 5.60. The molecule has 2 aromatic carbocycles. The van der Waals surface area contributed by atoms with Gasteiger partial charge in [-0.15, -0.1) is 0 Å². The zero-order chi connectivity index (χ0) is 22.8. The van der Waals surface area contributed by atoms with Crippen LogP contribution < -0.4 is 10.2 Å². The summed E-state index contributed by atoms with van der Waals surface area (Å²) < 4.78 is 0. The van der Waals surface area contributed by atoms with Crippen molar-refractivity contribution in [3.63, 3.8) is 0 Å². The summed E-state index contributed by atoms with van der Waals surface area (Å²) in [5, 5.41) is 2.84. The molecule has 1 N–H and O–H groups in total. The van der Waals surface area contributed by atoms with Crippen LogP contribution in [-0.4, -0.2) is 34.2 Å². The number of hydrogen-bond acceptors (Lipinski definition) is 4. The highest BCUT2D eigenvalue weighted by atomic mass is 16.2. The Balaban J connectivity index is 1.26. The number of aromatic nitrogens is 1. The van der Waals surface area contributed by atoms with Crippen LogP contribution in [0.15, 0.2) is 73.1 Å². The summed E-state index contributed by atoms with van der Waals surface area (Å²) in [7, 11) is 0. The van der Waals surface area contributed by atoms with Crippen LogP contribution in [0.2, 0.25) is 0 Å². The van der Waals surface area contributed by atoms with Gasteiger partial charge in [0.2, 0.25) is 5.91 Å². The second kappa shape index (κ2) is 8.86. The summed E-state index contributed by atoms with van der Waals surface area (Å²) in [6.45, 7) is 0.514. The van der Waals surface area contributed by atoms with E-state index >= 15 is 0 Å². The van der Waals surface area contributed by atoms with Gasteiger partial charge in [-0.2, -0.15) is 0 Å². The lowest BCUT2D eigenvalue weighted by molar-refractivity contribution is -0.116. The summed E-state index contributed by atoms with van der Waals surface area (Å²) in [5.74, 6) is -0.189. The van der Waals surface area contributed by atoms with Gasteiger partial charge >= 0.3 is 0 Å². The Morgan fingerprint density at radius 1 is 0.879 bits per heavy atom. The molecule has 1 atom stereocenters. The number of pyridine rings is 1. The van der Waals surface area contributed by atoms with Crippen LogP contribution in [-0.2, 0) is 4.79 Å². The molecule has 3 aromatic rings. The van der Waals surface area contributed by atoms with Gasteiger partial charge in [-0.1, -0.05) is 36.8 Å². The largest absolute Gasteiger partial charge is 0.325 e. The van der Waals surface area contributed by atoms with E-state index in [9.17, 15) is 14.4 Å². The van der Waals surface area contributed by atoms with Crippen molar-refractivity contribution in [2.75, 3.05) is 16.8 Å². The van der Waals surface area contributed by atoms with E-state index in [0.29, 0.717) is 41.9 Å². The van der Waals surface area contributed by atoms with Gasteiger partial charge in [-0.25, -0.2) is 0 Å². The van der Waals surface area contributed by atoms with Crippen LogP contribution in [0.25, 0.3) is 0 Å². The first-order valence-corrected chi connectivity index (χ1v) is 11.2. The monoisotopic (exact) mass is 440 g/mol. The molecule has 0 unspecified atom stereocenters. The summed E-state index contributed by atoms with van der Waals surface area (Å²) in [6.07, 6.45) is 5.52. The fourth-order valence-electron chi connectivity index (χ4n) is 4.60. The van der Waals surface area contributed by atoms with Gasteiger partial charge in [-0.3, -0.25) is 24.3 Å². The first-order valence-electron chi connectivity index (χ1n) is 11.2. The molecule has 0 spiro atoms. The number of anilines is 2. The number of hydrogen-bond donors (Lipinski definition) is 1. The van der Waals surface area contributed by atoms with Gasteiger partial charge in [0.25, 0.3) is 11.8 Å². The molecule has 0 fully saturated rings. The third-order valence-electron chi connectivity index (χ3n) is 6.13. The van der Waals surface area contributed by atoms with E-state index in [1.165, 1.54) is 0 Å². The first kappa shape index (κ1) is 20.9. The molecule has 7 nitrogen and oxygen atoms in total. The standard InChI is InChI=1S/C26H24N4O3/c31-23(28-18-9-8-15-27-17-18)14-2-1-7-16-29-24-19-10-3-4-11-20(19)26(33)30(24)22-13-6-5-12-21(22)25(29)32/h3-6,8-13,15,17,24H,1-2,7,14,16H2,(H,28,31)/t24-/m1/s1. The zero-order valence-electron chi connectivity index (χ0n) is 18.1. The number of carbonyl (C=O) groups is 3. The van der Waals surface area contributed by atoms with Crippen LogP contribution in [0.5, 0.6) is 0 Å². The molecule has 0 radical (unpaired) electrons. The summed E-state index contributed by atoms with van der Waals surface area (Å²) >= 11 is 0. The van der Waals surface area contributed by atoms with Crippen molar-refractivity contribution in [3.8, 4) is 0 Å². The quantitative estimate of drug-likeness (QED) is 0.552. The minimum atomic E-state index is -0.426. The Bertz CT molecular complexity index is 1210. The summed E-state index contributed by atoms with van der Waals surface area (Å²) in [4.78, 5) is 46.2. The summed E-state index contributed by atoms with van der Waals surface area (Å²) in [6, 6.07) is 18.4. The van der Waals surface area contributed by atoms with E-state index in [1.807, 2.05) is 42.5 Å².